The Labute approximate surface area is 125 Å². The highest BCUT2D eigenvalue weighted by Gasteiger charge is 2.26. The van der Waals surface area contributed by atoms with E-state index in [4.69, 9.17) is 14.9 Å². The Hall–Kier alpha value is -2.52. The van der Waals surface area contributed by atoms with Crippen molar-refractivity contribution in [1.29, 1.82) is 10.5 Å². The van der Waals surface area contributed by atoms with Gasteiger partial charge in [-0.3, -0.25) is 0 Å². The third kappa shape index (κ3) is 3.74. The van der Waals surface area contributed by atoms with Crippen LogP contribution in [0.4, 0.5) is 0 Å². The van der Waals surface area contributed by atoms with Crippen LogP contribution in [0.5, 0.6) is 0 Å². The molecule has 0 radical (unpaired) electrons. The standard InChI is InChI=1S/C18H18N2O/c1-13-4-6-17(21-13)7-5-14-8-15(16(11-19)12-20)10-18(2,3)9-14/h4-8H,9-10H2,1-3H3/b7-5+. The van der Waals surface area contributed by atoms with E-state index in [1.165, 1.54) is 0 Å². The Morgan fingerprint density at radius 2 is 1.90 bits per heavy atom. The van der Waals surface area contributed by atoms with Crippen molar-refractivity contribution >= 4 is 6.08 Å². The van der Waals surface area contributed by atoms with E-state index in [1.807, 2.05) is 49.4 Å². The number of hydrogen-bond donors (Lipinski definition) is 0. The van der Waals surface area contributed by atoms with Crippen molar-refractivity contribution in [2.75, 3.05) is 0 Å². The Morgan fingerprint density at radius 3 is 2.48 bits per heavy atom. The molecule has 0 bridgehead atoms. The van der Waals surface area contributed by atoms with Crippen molar-refractivity contribution in [2.45, 2.75) is 33.6 Å². The van der Waals surface area contributed by atoms with Gasteiger partial charge in [-0.25, -0.2) is 0 Å². The van der Waals surface area contributed by atoms with Gasteiger partial charge in [0.15, 0.2) is 0 Å². The summed E-state index contributed by atoms with van der Waals surface area (Å²) in [4.78, 5) is 0. The van der Waals surface area contributed by atoms with E-state index in [2.05, 4.69) is 13.8 Å². The molecular weight excluding hydrogens is 260 g/mol. The zero-order chi connectivity index (χ0) is 15.5. The molecule has 0 saturated carbocycles. The van der Waals surface area contributed by atoms with E-state index in [0.717, 1.165) is 35.5 Å². The molecule has 0 unspecified atom stereocenters. The maximum absolute atomic E-state index is 9.05. The van der Waals surface area contributed by atoms with E-state index in [0.29, 0.717) is 0 Å². The highest BCUT2D eigenvalue weighted by Crippen LogP contribution is 2.39. The van der Waals surface area contributed by atoms with Gasteiger partial charge in [0.05, 0.1) is 0 Å². The molecule has 1 aliphatic carbocycles. The fourth-order valence-corrected chi connectivity index (χ4v) is 2.62. The molecular formula is C18H18N2O. The van der Waals surface area contributed by atoms with E-state index < -0.39 is 0 Å². The van der Waals surface area contributed by atoms with Gasteiger partial charge < -0.3 is 4.42 Å². The van der Waals surface area contributed by atoms with Crippen LogP contribution in [0.1, 0.15) is 38.2 Å². The fourth-order valence-electron chi connectivity index (χ4n) is 2.62. The first-order chi connectivity index (χ1) is 9.93. The van der Waals surface area contributed by atoms with Crippen LogP contribution in [-0.2, 0) is 0 Å². The summed E-state index contributed by atoms with van der Waals surface area (Å²) in [7, 11) is 0. The highest BCUT2D eigenvalue weighted by atomic mass is 16.3. The molecule has 0 atom stereocenters. The molecule has 1 heterocycles. The third-order valence-corrected chi connectivity index (χ3v) is 3.48. The average molecular weight is 278 g/mol. The van der Waals surface area contributed by atoms with Gasteiger partial charge in [0.25, 0.3) is 0 Å². The van der Waals surface area contributed by atoms with Gasteiger partial charge in [-0.05, 0) is 54.5 Å². The smallest absolute Gasteiger partial charge is 0.132 e. The van der Waals surface area contributed by atoms with Crippen LogP contribution in [0, 0.1) is 35.0 Å². The summed E-state index contributed by atoms with van der Waals surface area (Å²) in [5.74, 6) is 1.69. The van der Waals surface area contributed by atoms with Crippen molar-refractivity contribution in [3.05, 3.63) is 52.5 Å². The Kier molecular flexibility index (Phi) is 4.15. The number of furan rings is 1. The van der Waals surface area contributed by atoms with Crippen LogP contribution in [0.15, 0.2) is 45.4 Å². The lowest BCUT2D eigenvalue weighted by Gasteiger charge is -2.30. The number of allylic oxidation sites excluding steroid dienone is 5. The van der Waals surface area contributed by atoms with E-state index >= 15 is 0 Å². The lowest BCUT2D eigenvalue weighted by atomic mass is 9.74. The number of nitrogens with zero attached hydrogens (tertiary/aromatic N) is 2. The first-order valence-electron chi connectivity index (χ1n) is 6.92. The molecule has 0 spiro atoms. The van der Waals surface area contributed by atoms with E-state index in [9.17, 15) is 0 Å². The van der Waals surface area contributed by atoms with Crippen molar-refractivity contribution in [3.8, 4) is 12.1 Å². The van der Waals surface area contributed by atoms with Crippen LogP contribution < -0.4 is 0 Å². The summed E-state index contributed by atoms with van der Waals surface area (Å²) in [6.45, 7) is 6.21. The molecule has 21 heavy (non-hydrogen) atoms. The van der Waals surface area contributed by atoms with Gasteiger partial charge in [-0.2, -0.15) is 10.5 Å². The fraction of sp³-hybridized carbons (Fsp3) is 0.333. The van der Waals surface area contributed by atoms with Gasteiger partial charge in [0.2, 0.25) is 0 Å². The highest BCUT2D eigenvalue weighted by molar-refractivity contribution is 5.53. The minimum atomic E-state index is 0.0434. The molecule has 0 saturated heterocycles. The topological polar surface area (TPSA) is 60.7 Å². The van der Waals surface area contributed by atoms with Crippen LogP contribution in [0.2, 0.25) is 0 Å². The second-order valence-corrected chi connectivity index (χ2v) is 6.14. The minimum absolute atomic E-state index is 0.0434. The normalized spacial score (nSPS) is 17.2. The number of hydrogen-bond acceptors (Lipinski definition) is 3. The number of aryl methyl sites for hydroxylation is 1. The van der Waals surface area contributed by atoms with Gasteiger partial charge in [-0.1, -0.05) is 26.0 Å². The Bertz CT molecular complexity index is 699. The van der Waals surface area contributed by atoms with E-state index in [1.54, 1.807) is 0 Å². The Morgan fingerprint density at radius 1 is 1.19 bits per heavy atom. The summed E-state index contributed by atoms with van der Waals surface area (Å²) in [6, 6.07) is 7.82. The van der Waals surface area contributed by atoms with Crippen LogP contribution in [0.3, 0.4) is 0 Å². The molecule has 106 valence electrons. The lowest BCUT2D eigenvalue weighted by Crippen LogP contribution is -2.17. The monoisotopic (exact) mass is 278 g/mol. The summed E-state index contributed by atoms with van der Waals surface area (Å²) in [5.41, 5.74) is 2.19. The average Bonchev–Trinajstić information content (AvgIpc) is 2.82. The zero-order valence-electron chi connectivity index (χ0n) is 12.6. The maximum Gasteiger partial charge on any atom is 0.132 e. The minimum Gasteiger partial charge on any atom is -0.462 e. The van der Waals surface area contributed by atoms with Crippen molar-refractivity contribution < 1.29 is 4.42 Å². The van der Waals surface area contributed by atoms with Gasteiger partial charge in [0, 0.05) is 0 Å². The molecule has 0 aromatic carbocycles. The second-order valence-electron chi connectivity index (χ2n) is 6.14. The maximum atomic E-state index is 9.05. The largest absolute Gasteiger partial charge is 0.462 e. The van der Waals surface area contributed by atoms with Gasteiger partial charge in [-0.15, -0.1) is 0 Å². The quantitative estimate of drug-likeness (QED) is 0.737. The first-order valence-corrected chi connectivity index (χ1v) is 6.92. The number of nitriles is 2. The SMILES string of the molecule is Cc1ccc(/C=C/C2=CC(=C(C#N)C#N)CC(C)(C)C2)o1. The van der Waals surface area contributed by atoms with Crippen LogP contribution >= 0.6 is 0 Å². The van der Waals surface area contributed by atoms with Crippen LogP contribution in [0.25, 0.3) is 6.08 Å². The predicted molar refractivity (Wildman–Crippen MR) is 81.8 cm³/mol. The van der Waals surface area contributed by atoms with Gasteiger partial charge >= 0.3 is 0 Å². The summed E-state index contributed by atoms with van der Waals surface area (Å²) in [6.07, 6.45) is 7.55. The molecule has 1 aliphatic rings. The summed E-state index contributed by atoms with van der Waals surface area (Å²) < 4.78 is 5.51. The molecule has 1 aromatic heterocycles. The molecule has 3 nitrogen and oxygen atoms in total. The summed E-state index contributed by atoms with van der Waals surface area (Å²) in [5, 5.41) is 18.1. The molecule has 0 N–H and O–H groups in total. The lowest BCUT2D eigenvalue weighted by molar-refractivity contribution is 0.354. The molecule has 2 rings (SSSR count). The predicted octanol–water partition coefficient (Wildman–Crippen LogP) is 4.69. The molecule has 3 heteroatoms. The first kappa shape index (κ1) is 14.9. The molecule has 0 amide bonds. The molecule has 0 aliphatic heterocycles. The van der Waals surface area contributed by atoms with Crippen LogP contribution in [-0.4, -0.2) is 0 Å². The van der Waals surface area contributed by atoms with Crippen molar-refractivity contribution in [2.24, 2.45) is 5.41 Å². The van der Waals surface area contributed by atoms with Crippen molar-refractivity contribution in [3.63, 3.8) is 0 Å². The molecule has 1 aromatic rings. The third-order valence-electron chi connectivity index (χ3n) is 3.48. The number of rotatable bonds is 2. The molecule has 0 fully saturated rings. The van der Waals surface area contributed by atoms with Crippen molar-refractivity contribution in [1.82, 2.24) is 0 Å². The van der Waals surface area contributed by atoms with Gasteiger partial charge in [0.1, 0.15) is 29.2 Å². The zero-order valence-corrected chi connectivity index (χ0v) is 12.6. The Balaban J connectivity index is 2.34. The van der Waals surface area contributed by atoms with E-state index in [-0.39, 0.29) is 11.0 Å². The summed E-state index contributed by atoms with van der Waals surface area (Å²) >= 11 is 0. The second kappa shape index (κ2) is 5.85.